The van der Waals surface area contributed by atoms with E-state index < -0.39 is 0 Å². The van der Waals surface area contributed by atoms with E-state index in [9.17, 15) is 0 Å². The lowest BCUT2D eigenvalue weighted by Crippen LogP contribution is -2.16. The standard InChI is InChI=1S/C13H24N4OS/c1-3-7-14-9-12-16-17-13(18-12)15-10-5-6-11(8-10)19-4-2/h10-11,14H,3-9H2,1-2H3,(H,15,17). The fourth-order valence-corrected chi connectivity index (χ4v) is 3.53. The van der Waals surface area contributed by atoms with Crippen molar-refractivity contribution in [3.63, 3.8) is 0 Å². The van der Waals surface area contributed by atoms with Gasteiger partial charge in [-0.1, -0.05) is 18.9 Å². The van der Waals surface area contributed by atoms with Gasteiger partial charge in [0.05, 0.1) is 6.54 Å². The fraction of sp³-hybridized carbons (Fsp3) is 0.846. The Morgan fingerprint density at radius 2 is 2.21 bits per heavy atom. The molecule has 2 unspecified atom stereocenters. The van der Waals surface area contributed by atoms with E-state index in [-0.39, 0.29) is 0 Å². The van der Waals surface area contributed by atoms with Crippen LogP contribution in [0.2, 0.25) is 0 Å². The molecule has 19 heavy (non-hydrogen) atoms. The Morgan fingerprint density at radius 3 is 3.00 bits per heavy atom. The van der Waals surface area contributed by atoms with E-state index in [0.29, 0.717) is 24.5 Å². The van der Waals surface area contributed by atoms with Crippen LogP contribution in [0.5, 0.6) is 0 Å². The minimum absolute atomic E-state index is 0.487. The highest BCUT2D eigenvalue weighted by atomic mass is 32.2. The van der Waals surface area contributed by atoms with Crippen LogP contribution in [0.25, 0.3) is 0 Å². The third kappa shape index (κ3) is 4.69. The molecule has 2 N–H and O–H groups in total. The van der Waals surface area contributed by atoms with E-state index in [1.165, 1.54) is 25.0 Å². The second kappa shape index (κ2) is 7.75. The molecule has 0 spiro atoms. The monoisotopic (exact) mass is 284 g/mol. The van der Waals surface area contributed by atoms with Crippen LogP contribution in [0, 0.1) is 0 Å². The molecule has 2 rings (SSSR count). The number of hydrogen-bond donors (Lipinski definition) is 2. The van der Waals surface area contributed by atoms with Crippen molar-refractivity contribution in [3.8, 4) is 0 Å². The predicted molar refractivity (Wildman–Crippen MR) is 79.5 cm³/mol. The van der Waals surface area contributed by atoms with Crippen molar-refractivity contribution < 1.29 is 4.42 Å². The molecule has 1 aromatic rings. The second-order valence-electron chi connectivity index (χ2n) is 4.91. The number of anilines is 1. The van der Waals surface area contributed by atoms with Gasteiger partial charge in [-0.3, -0.25) is 0 Å². The minimum atomic E-state index is 0.487. The third-order valence-electron chi connectivity index (χ3n) is 3.28. The van der Waals surface area contributed by atoms with Crippen molar-refractivity contribution in [1.29, 1.82) is 0 Å². The second-order valence-corrected chi connectivity index (χ2v) is 6.49. The van der Waals surface area contributed by atoms with Crippen molar-refractivity contribution in [2.45, 2.75) is 57.4 Å². The highest BCUT2D eigenvalue weighted by Gasteiger charge is 2.25. The van der Waals surface area contributed by atoms with Crippen molar-refractivity contribution in [2.24, 2.45) is 0 Å². The lowest BCUT2D eigenvalue weighted by atomic mass is 10.3. The molecule has 2 atom stereocenters. The van der Waals surface area contributed by atoms with Crippen LogP contribution < -0.4 is 10.6 Å². The maximum atomic E-state index is 5.58. The summed E-state index contributed by atoms with van der Waals surface area (Å²) < 4.78 is 5.58. The summed E-state index contributed by atoms with van der Waals surface area (Å²) in [7, 11) is 0. The average Bonchev–Trinajstić information content (AvgIpc) is 3.01. The fourth-order valence-electron chi connectivity index (χ4n) is 2.39. The summed E-state index contributed by atoms with van der Waals surface area (Å²) in [5, 5.41) is 15.5. The minimum Gasteiger partial charge on any atom is -0.407 e. The molecule has 5 nitrogen and oxygen atoms in total. The Labute approximate surface area is 119 Å². The lowest BCUT2D eigenvalue weighted by Gasteiger charge is -2.10. The van der Waals surface area contributed by atoms with Gasteiger partial charge < -0.3 is 15.1 Å². The van der Waals surface area contributed by atoms with Gasteiger partial charge in [-0.2, -0.15) is 11.8 Å². The molecule has 1 aliphatic carbocycles. The molecule has 0 amide bonds. The molecular weight excluding hydrogens is 260 g/mol. The summed E-state index contributed by atoms with van der Waals surface area (Å²) in [6, 6.07) is 1.06. The molecule has 0 radical (unpaired) electrons. The summed E-state index contributed by atoms with van der Waals surface area (Å²) in [5.74, 6) is 1.86. The zero-order valence-electron chi connectivity index (χ0n) is 11.8. The molecule has 1 saturated carbocycles. The summed E-state index contributed by atoms with van der Waals surface area (Å²) in [4.78, 5) is 0. The number of nitrogens with one attached hydrogen (secondary N) is 2. The van der Waals surface area contributed by atoms with Gasteiger partial charge in [0.15, 0.2) is 0 Å². The summed E-state index contributed by atoms with van der Waals surface area (Å²) in [6.45, 7) is 5.99. The maximum absolute atomic E-state index is 5.58. The van der Waals surface area contributed by atoms with Crippen molar-refractivity contribution in [1.82, 2.24) is 15.5 Å². The lowest BCUT2D eigenvalue weighted by molar-refractivity contribution is 0.472. The van der Waals surface area contributed by atoms with E-state index >= 15 is 0 Å². The number of rotatable bonds is 8. The molecule has 108 valence electrons. The predicted octanol–water partition coefficient (Wildman–Crippen LogP) is 2.66. The molecule has 6 heteroatoms. The van der Waals surface area contributed by atoms with Crippen LogP contribution in [-0.2, 0) is 6.54 Å². The largest absolute Gasteiger partial charge is 0.407 e. The number of thioether (sulfide) groups is 1. The van der Waals surface area contributed by atoms with Gasteiger partial charge in [-0.15, -0.1) is 5.10 Å². The molecule has 1 fully saturated rings. The van der Waals surface area contributed by atoms with E-state index in [4.69, 9.17) is 4.42 Å². The normalized spacial score (nSPS) is 22.8. The first-order valence-corrected chi connectivity index (χ1v) is 8.28. The topological polar surface area (TPSA) is 63.0 Å². The van der Waals surface area contributed by atoms with Gasteiger partial charge in [0.2, 0.25) is 5.89 Å². The van der Waals surface area contributed by atoms with Crippen LogP contribution in [0.4, 0.5) is 6.01 Å². The smallest absolute Gasteiger partial charge is 0.315 e. The van der Waals surface area contributed by atoms with Gasteiger partial charge >= 0.3 is 6.01 Å². The summed E-state index contributed by atoms with van der Waals surface area (Å²) >= 11 is 2.06. The molecule has 1 aromatic heterocycles. The van der Waals surface area contributed by atoms with Crippen LogP contribution in [0.3, 0.4) is 0 Å². The Kier molecular flexibility index (Phi) is 5.97. The van der Waals surface area contributed by atoms with Gasteiger partial charge in [-0.05, 0) is 38.0 Å². The van der Waals surface area contributed by atoms with Crippen LogP contribution in [0.1, 0.15) is 45.4 Å². The first-order valence-electron chi connectivity index (χ1n) is 7.23. The zero-order chi connectivity index (χ0) is 13.5. The van der Waals surface area contributed by atoms with E-state index in [1.54, 1.807) is 0 Å². The summed E-state index contributed by atoms with van der Waals surface area (Å²) in [6.07, 6.45) is 4.79. The van der Waals surface area contributed by atoms with Crippen molar-refractivity contribution >= 4 is 17.8 Å². The van der Waals surface area contributed by atoms with E-state index in [2.05, 4.69) is 46.4 Å². The molecule has 1 aliphatic rings. The Morgan fingerprint density at radius 1 is 1.32 bits per heavy atom. The molecule has 1 heterocycles. The van der Waals surface area contributed by atoms with Gasteiger partial charge in [0.25, 0.3) is 0 Å². The molecule has 0 aliphatic heterocycles. The quantitative estimate of drug-likeness (QED) is 0.716. The molecule has 0 saturated heterocycles. The van der Waals surface area contributed by atoms with Gasteiger partial charge in [0, 0.05) is 11.3 Å². The molecular formula is C13H24N4OS. The Hall–Kier alpha value is -0.750. The number of nitrogens with zero attached hydrogens (tertiary/aromatic N) is 2. The SMILES string of the molecule is CCCNCc1nnc(NC2CCC(SCC)C2)o1. The maximum Gasteiger partial charge on any atom is 0.315 e. The van der Waals surface area contributed by atoms with Crippen molar-refractivity contribution in [2.75, 3.05) is 17.6 Å². The summed E-state index contributed by atoms with van der Waals surface area (Å²) in [5.41, 5.74) is 0. The van der Waals surface area contributed by atoms with Crippen molar-refractivity contribution in [3.05, 3.63) is 5.89 Å². The first-order chi connectivity index (χ1) is 9.31. The Balaban J connectivity index is 1.74. The molecule has 0 bridgehead atoms. The van der Waals surface area contributed by atoms with Crippen LogP contribution in [0.15, 0.2) is 4.42 Å². The number of aromatic nitrogens is 2. The average molecular weight is 284 g/mol. The van der Waals surface area contributed by atoms with Crippen LogP contribution >= 0.6 is 11.8 Å². The van der Waals surface area contributed by atoms with E-state index in [0.717, 1.165) is 18.2 Å². The first kappa shape index (κ1) is 14.7. The highest BCUT2D eigenvalue weighted by molar-refractivity contribution is 7.99. The van der Waals surface area contributed by atoms with Crippen LogP contribution in [-0.4, -0.2) is 33.8 Å². The van der Waals surface area contributed by atoms with E-state index in [1.807, 2.05) is 0 Å². The molecule has 0 aromatic carbocycles. The zero-order valence-corrected chi connectivity index (χ0v) is 12.6. The Bertz CT molecular complexity index is 371. The van der Waals surface area contributed by atoms with Gasteiger partial charge in [-0.25, -0.2) is 0 Å². The third-order valence-corrected chi connectivity index (χ3v) is 4.52. The highest BCUT2D eigenvalue weighted by Crippen LogP contribution is 2.31. The van der Waals surface area contributed by atoms with Gasteiger partial charge in [0.1, 0.15) is 0 Å². The number of hydrogen-bond acceptors (Lipinski definition) is 6.